The lowest BCUT2D eigenvalue weighted by molar-refractivity contribution is -0.368. The summed E-state index contributed by atoms with van der Waals surface area (Å²) >= 11 is 4.16. The number of rotatable bonds is 0. The van der Waals surface area contributed by atoms with Gasteiger partial charge in [-0.25, -0.2) is 8.78 Å². The van der Waals surface area contributed by atoms with Gasteiger partial charge in [-0.2, -0.15) is 17.6 Å². The molecular formula is C4HClF6. The van der Waals surface area contributed by atoms with Gasteiger partial charge in [-0.3, -0.25) is 0 Å². The van der Waals surface area contributed by atoms with Gasteiger partial charge in [-0.05, 0) is 0 Å². The quantitative estimate of drug-likeness (QED) is 0.414. The summed E-state index contributed by atoms with van der Waals surface area (Å²) in [6, 6.07) is 0. The van der Waals surface area contributed by atoms with E-state index in [1.807, 2.05) is 0 Å². The summed E-state index contributed by atoms with van der Waals surface area (Å²) in [6.07, 6.45) is -3.65. The smallest absolute Gasteiger partial charge is 0.235 e. The lowest BCUT2D eigenvalue weighted by Gasteiger charge is -2.47. The van der Waals surface area contributed by atoms with Gasteiger partial charge in [0.1, 0.15) is 0 Å². The average molecular weight is 198 g/mol. The molecule has 0 amide bonds. The Morgan fingerprint density at radius 1 is 1.00 bits per heavy atom. The monoisotopic (exact) mass is 198 g/mol. The molecule has 0 aromatic carbocycles. The fraction of sp³-hybridized carbons (Fsp3) is 1.00. The van der Waals surface area contributed by atoms with Crippen molar-refractivity contribution in [1.29, 1.82) is 0 Å². The van der Waals surface area contributed by atoms with Crippen LogP contribution in [0.2, 0.25) is 0 Å². The van der Waals surface area contributed by atoms with Gasteiger partial charge in [0.15, 0.2) is 0 Å². The van der Waals surface area contributed by atoms with Crippen LogP contribution in [-0.2, 0) is 0 Å². The zero-order valence-corrected chi connectivity index (χ0v) is 5.48. The van der Waals surface area contributed by atoms with Crippen molar-refractivity contribution < 1.29 is 26.3 Å². The number of hydrogen-bond donors (Lipinski definition) is 0. The molecule has 0 N–H and O–H groups in total. The number of alkyl halides is 7. The van der Waals surface area contributed by atoms with Crippen LogP contribution in [0.5, 0.6) is 0 Å². The topological polar surface area (TPSA) is 0 Å². The Balaban J connectivity index is 2.98. The van der Waals surface area contributed by atoms with Crippen LogP contribution in [0.3, 0.4) is 0 Å². The molecule has 1 rings (SSSR count). The van der Waals surface area contributed by atoms with E-state index in [0.29, 0.717) is 0 Å². The molecule has 0 aliphatic heterocycles. The molecule has 0 nitrogen and oxygen atoms in total. The van der Waals surface area contributed by atoms with Gasteiger partial charge < -0.3 is 0 Å². The van der Waals surface area contributed by atoms with Crippen LogP contribution in [0.1, 0.15) is 0 Å². The van der Waals surface area contributed by atoms with Crippen LogP contribution in [0.25, 0.3) is 0 Å². The van der Waals surface area contributed by atoms with Crippen molar-refractivity contribution in [2.45, 2.75) is 23.1 Å². The van der Waals surface area contributed by atoms with Gasteiger partial charge in [0.05, 0.1) is 0 Å². The first-order valence-electron chi connectivity index (χ1n) is 2.43. The summed E-state index contributed by atoms with van der Waals surface area (Å²) in [6.45, 7) is 0. The second-order valence-corrected chi connectivity index (χ2v) is 2.73. The molecule has 11 heavy (non-hydrogen) atoms. The second kappa shape index (κ2) is 1.78. The first kappa shape index (κ1) is 8.96. The minimum absolute atomic E-state index is 3.65. The van der Waals surface area contributed by atoms with E-state index in [0.717, 1.165) is 0 Å². The highest BCUT2D eigenvalue weighted by atomic mass is 35.5. The van der Waals surface area contributed by atoms with Gasteiger partial charge in [0.2, 0.25) is 6.17 Å². The lowest BCUT2D eigenvalue weighted by Crippen LogP contribution is -2.76. The zero-order chi connectivity index (χ0) is 9.08. The molecule has 66 valence electrons. The van der Waals surface area contributed by atoms with Crippen molar-refractivity contribution in [1.82, 2.24) is 0 Å². The highest BCUT2D eigenvalue weighted by Crippen LogP contribution is 2.63. The van der Waals surface area contributed by atoms with Gasteiger partial charge >= 0.3 is 11.8 Å². The van der Waals surface area contributed by atoms with E-state index in [1.165, 1.54) is 0 Å². The molecule has 1 saturated carbocycles. The fourth-order valence-electron chi connectivity index (χ4n) is 0.690. The van der Waals surface area contributed by atoms with Crippen molar-refractivity contribution in [2.24, 2.45) is 0 Å². The Morgan fingerprint density at radius 3 is 1.45 bits per heavy atom. The minimum Gasteiger partial charge on any atom is -0.235 e. The number of hydrogen-bond acceptors (Lipinski definition) is 0. The first-order chi connectivity index (χ1) is 4.65. The molecule has 0 radical (unpaired) electrons. The maximum Gasteiger partial charge on any atom is 0.363 e. The predicted octanol–water partition coefficient (Wildman–Crippen LogP) is 2.51. The maximum atomic E-state index is 12.0. The van der Waals surface area contributed by atoms with Crippen molar-refractivity contribution >= 4 is 11.6 Å². The van der Waals surface area contributed by atoms with Crippen molar-refractivity contribution in [2.75, 3.05) is 0 Å². The summed E-state index contributed by atoms with van der Waals surface area (Å²) in [7, 11) is 0. The summed E-state index contributed by atoms with van der Waals surface area (Å²) in [4.78, 5) is 0. The standard InChI is InChI=1S/C4HClF6/c5-2(7)1(6)3(8,9)4(2,10)11/h1H/t1-,2+/m0/s1. The van der Waals surface area contributed by atoms with Crippen LogP contribution < -0.4 is 0 Å². The second-order valence-electron chi connectivity index (χ2n) is 2.18. The summed E-state index contributed by atoms with van der Waals surface area (Å²) in [5.41, 5.74) is 0. The van der Waals surface area contributed by atoms with E-state index >= 15 is 0 Å². The van der Waals surface area contributed by atoms with Crippen LogP contribution >= 0.6 is 11.6 Å². The number of halogens is 7. The van der Waals surface area contributed by atoms with Crippen LogP contribution in [0, 0.1) is 0 Å². The molecule has 0 bridgehead atoms. The molecule has 1 aliphatic carbocycles. The fourth-order valence-corrected chi connectivity index (χ4v) is 0.953. The van der Waals surface area contributed by atoms with E-state index in [9.17, 15) is 26.3 Å². The van der Waals surface area contributed by atoms with Gasteiger partial charge in [0.25, 0.3) is 5.13 Å². The van der Waals surface area contributed by atoms with E-state index in [1.54, 1.807) is 0 Å². The van der Waals surface area contributed by atoms with E-state index in [2.05, 4.69) is 11.6 Å². The highest BCUT2D eigenvalue weighted by molar-refractivity contribution is 6.25. The molecule has 0 aromatic heterocycles. The molecule has 2 atom stereocenters. The summed E-state index contributed by atoms with van der Waals surface area (Å²) in [5, 5.41) is -4.27. The average Bonchev–Trinajstić information content (AvgIpc) is 1.84. The van der Waals surface area contributed by atoms with E-state index in [4.69, 9.17) is 0 Å². The molecule has 0 aromatic rings. The Kier molecular flexibility index (Phi) is 1.45. The third kappa shape index (κ3) is 0.685. The summed E-state index contributed by atoms with van der Waals surface area (Å²) < 4.78 is 71.1. The van der Waals surface area contributed by atoms with E-state index in [-0.39, 0.29) is 0 Å². The van der Waals surface area contributed by atoms with Crippen LogP contribution in [0.4, 0.5) is 26.3 Å². The Hall–Kier alpha value is -0.130. The third-order valence-electron chi connectivity index (χ3n) is 1.47. The van der Waals surface area contributed by atoms with Crippen LogP contribution in [0.15, 0.2) is 0 Å². The first-order valence-corrected chi connectivity index (χ1v) is 2.81. The van der Waals surface area contributed by atoms with Crippen molar-refractivity contribution in [3.63, 3.8) is 0 Å². The third-order valence-corrected chi connectivity index (χ3v) is 1.90. The molecule has 1 fully saturated rings. The lowest BCUT2D eigenvalue weighted by atomic mass is 9.84. The molecule has 0 spiro atoms. The summed E-state index contributed by atoms with van der Waals surface area (Å²) in [5.74, 6) is -10.1. The largest absolute Gasteiger partial charge is 0.363 e. The molecule has 1 aliphatic rings. The zero-order valence-electron chi connectivity index (χ0n) is 4.72. The molecular weight excluding hydrogens is 197 g/mol. The highest BCUT2D eigenvalue weighted by Gasteiger charge is 2.89. The maximum absolute atomic E-state index is 12.0. The molecule has 0 saturated heterocycles. The SMILES string of the molecule is F[C@@H]1C(F)(F)C(F)(F)[C@@]1(F)Cl. The van der Waals surface area contributed by atoms with Crippen molar-refractivity contribution in [3.05, 3.63) is 0 Å². The van der Waals surface area contributed by atoms with Gasteiger partial charge in [0, 0.05) is 0 Å². The molecule has 0 unspecified atom stereocenters. The molecule has 7 heteroatoms. The Morgan fingerprint density at radius 2 is 1.36 bits per heavy atom. The van der Waals surface area contributed by atoms with Gasteiger partial charge in [-0.15, -0.1) is 0 Å². The minimum atomic E-state index is -5.12. The van der Waals surface area contributed by atoms with Gasteiger partial charge in [-0.1, -0.05) is 11.6 Å². The van der Waals surface area contributed by atoms with E-state index < -0.39 is 23.1 Å². The normalized spacial score (nSPS) is 46.6. The van der Waals surface area contributed by atoms with Crippen molar-refractivity contribution in [3.8, 4) is 0 Å². The Labute approximate surface area is 62.1 Å². The molecule has 0 heterocycles. The van der Waals surface area contributed by atoms with Crippen LogP contribution in [-0.4, -0.2) is 23.1 Å². The predicted molar refractivity (Wildman–Crippen MR) is 24.5 cm³/mol. The Bertz CT molecular complexity index is 169.